The molecular weight excluding hydrogens is 416 g/mol. The van der Waals surface area contributed by atoms with Gasteiger partial charge in [0.1, 0.15) is 17.2 Å². The third-order valence-corrected chi connectivity index (χ3v) is 4.13. The van der Waals surface area contributed by atoms with Gasteiger partial charge in [0, 0.05) is 12.4 Å². The Kier molecular flexibility index (Phi) is 4.04. The summed E-state index contributed by atoms with van der Waals surface area (Å²) in [7, 11) is 0. The molecule has 110 valence electrons. The third kappa shape index (κ3) is 2.79. The summed E-state index contributed by atoms with van der Waals surface area (Å²) in [5.74, 6) is -0.221. The molecule has 0 fully saturated rings. The van der Waals surface area contributed by atoms with Crippen LogP contribution in [0.1, 0.15) is 11.3 Å². The van der Waals surface area contributed by atoms with Gasteiger partial charge >= 0.3 is 0 Å². The molecule has 8 heteroatoms. The Morgan fingerprint density at radius 2 is 1.91 bits per heavy atom. The number of carbonyl (C=O) groups is 1. The molecule has 0 radical (unpaired) electrons. The van der Waals surface area contributed by atoms with Crippen molar-refractivity contribution in [2.45, 2.75) is 0 Å². The minimum absolute atomic E-state index is 0.0980. The van der Waals surface area contributed by atoms with Crippen molar-refractivity contribution < 1.29 is 9.90 Å². The Hall–Kier alpha value is -2.06. The van der Waals surface area contributed by atoms with E-state index in [1.165, 1.54) is 12.4 Å². The molecule has 1 aliphatic heterocycles. The van der Waals surface area contributed by atoms with Crippen molar-refractivity contribution in [3.05, 3.63) is 56.5 Å². The van der Waals surface area contributed by atoms with Crippen molar-refractivity contribution >= 4 is 49.6 Å². The van der Waals surface area contributed by atoms with Gasteiger partial charge in [-0.05, 0) is 55.6 Å². The van der Waals surface area contributed by atoms with Crippen LogP contribution in [0.2, 0.25) is 0 Å². The summed E-state index contributed by atoms with van der Waals surface area (Å²) in [5, 5.41) is 13.7. The summed E-state index contributed by atoms with van der Waals surface area (Å²) in [5.41, 5.74) is 4.45. The second kappa shape index (κ2) is 5.98. The highest BCUT2D eigenvalue weighted by Gasteiger charge is 2.25. The molecule has 0 saturated heterocycles. The smallest absolute Gasteiger partial charge is 0.273 e. The first-order valence-corrected chi connectivity index (χ1v) is 7.69. The second-order valence-corrected chi connectivity index (χ2v) is 6.09. The number of halogens is 2. The quantitative estimate of drug-likeness (QED) is 0.726. The van der Waals surface area contributed by atoms with Gasteiger partial charge < -0.3 is 5.11 Å². The zero-order valence-corrected chi connectivity index (χ0v) is 14.1. The van der Waals surface area contributed by atoms with Crippen LogP contribution in [0, 0.1) is 0 Å². The van der Waals surface area contributed by atoms with Gasteiger partial charge in [-0.3, -0.25) is 14.8 Å². The third-order valence-electron chi connectivity index (χ3n) is 2.93. The topological polar surface area (TPSA) is 87.5 Å². The van der Waals surface area contributed by atoms with Crippen LogP contribution in [0.5, 0.6) is 5.75 Å². The highest BCUT2D eigenvalue weighted by atomic mass is 79.9. The summed E-state index contributed by atoms with van der Waals surface area (Å²) in [6.45, 7) is 0. The van der Waals surface area contributed by atoms with Crippen molar-refractivity contribution in [2.75, 3.05) is 0 Å². The minimum atomic E-state index is -0.319. The maximum absolute atomic E-state index is 12.0. The SMILES string of the molecule is O=C1NN=C(c2cnccn2)/C1=C\c1cc(Br)c(O)c(Br)c1. The van der Waals surface area contributed by atoms with E-state index >= 15 is 0 Å². The molecule has 1 aromatic carbocycles. The zero-order valence-electron chi connectivity index (χ0n) is 10.9. The van der Waals surface area contributed by atoms with Gasteiger partial charge in [0.15, 0.2) is 0 Å². The largest absolute Gasteiger partial charge is 0.506 e. The number of phenolic OH excluding ortho intramolecular Hbond substituents is 1. The van der Waals surface area contributed by atoms with Gasteiger partial charge in [-0.2, -0.15) is 5.10 Å². The fourth-order valence-corrected chi connectivity index (χ4v) is 3.14. The first-order chi connectivity index (χ1) is 10.6. The molecule has 2 heterocycles. The Morgan fingerprint density at radius 1 is 1.18 bits per heavy atom. The highest BCUT2D eigenvalue weighted by molar-refractivity contribution is 9.11. The summed E-state index contributed by atoms with van der Waals surface area (Å²) in [6, 6.07) is 3.40. The van der Waals surface area contributed by atoms with E-state index in [0.717, 1.165) is 5.56 Å². The monoisotopic (exact) mass is 422 g/mol. The Morgan fingerprint density at radius 3 is 2.55 bits per heavy atom. The average Bonchev–Trinajstić information content (AvgIpc) is 2.87. The Balaban J connectivity index is 2.06. The van der Waals surface area contributed by atoms with Crippen molar-refractivity contribution in [3.8, 4) is 5.75 Å². The lowest BCUT2D eigenvalue weighted by atomic mass is 10.0. The zero-order chi connectivity index (χ0) is 15.7. The molecule has 2 aromatic rings. The fourth-order valence-electron chi connectivity index (χ4n) is 1.92. The summed E-state index contributed by atoms with van der Waals surface area (Å²) >= 11 is 6.52. The predicted molar refractivity (Wildman–Crippen MR) is 88.2 cm³/mol. The molecule has 6 nitrogen and oxygen atoms in total. The number of nitrogens with one attached hydrogen (secondary N) is 1. The van der Waals surface area contributed by atoms with Gasteiger partial charge in [-0.1, -0.05) is 0 Å². The summed E-state index contributed by atoms with van der Waals surface area (Å²) < 4.78 is 1.04. The molecule has 1 aliphatic rings. The summed E-state index contributed by atoms with van der Waals surface area (Å²) in [6.07, 6.45) is 6.29. The Labute approximate surface area is 142 Å². The number of rotatable bonds is 2. The van der Waals surface area contributed by atoms with E-state index in [0.29, 0.717) is 25.9 Å². The fraction of sp³-hybridized carbons (Fsp3) is 0. The standard InChI is InChI=1S/C14H8Br2N4O2/c15-9-4-7(5-10(16)13(9)21)3-8-12(19-20-14(8)22)11-6-17-1-2-18-11/h1-6,21H,(H,20,22)/b8-3+. The van der Waals surface area contributed by atoms with Crippen LogP contribution in [-0.2, 0) is 4.79 Å². The number of aromatic hydroxyl groups is 1. The second-order valence-electron chi connectivity index (χ2n) is 4.38. The number of phenols is 1. The Bertz CT molecular complexity index is 796. The molecule has 1 amide bonds. The van der Waals surface area contributed by atoms with E-state index in [2.05, 4.69) is 52.4 Å². The molecular formula is C14H8Br2N4O2. The predicted octanol–water partition coefficient (Wildman–Crippen LogP) is 2.62. The van der Waals surface area contributed by atoms with Crippen molar-refractivity contribution in [2.24, 2.45) is 5.10 Å². The molecule has 0 saturated carbocycles. The lowest BCUT2D eigenvalue weighted by Gasteiger charge is -2.04. The van der Waals surface area contributed by atoms with Gasteiger partial charge in [0.25, 0.3) is 5.91 Å². The number of benzene rings is 1. The number of amides is 1. The number of carbonyl (C=O) groups excluding carboxylic acids is 1. The van der Waals surface area contributed by atoms with E-state index in [1.54, 1.807) is 24.4 Å². The molecule has 2 N–H and O–H groups in total. The van der Waals surface area contributed by atoms with Crippen LogP contribution in [0.4, 0.5) is 0 Å². The van der Waals surface area contributed by atoms with Crippen molar-refractivity contribution in [1.29, 1.82) is 0 Å². The van der Waals surface area contributed by atoms with Crippen molar-refractivity contribution in [3.63, 3.8) is 0 Å². The van der Waals surface area contributed by atoms with Crippen LogP contribution in [0.3, 0.4) is 0 Å². The molecule has 22 heavy (non-hydrogen) atoms. The molecule has 3 rings (SSSR count). The van der Waals surface area contributed by atoms with E-state index in [1.807, 2.05) is 0 Å². The number of hydrogen-bond donors (Lipinski definition) is 2. The minimum Gasteiger partial charge on any atom is -0.506 e. The van der Waals surface area contributed by atoms with E-state index in [-0.39, 0.29) is 11.7 Å². The lowest BCUT2D eigenvalue weighted by Crippen LogP contribution is -2.14. The summed E-state index contributed by atoms with van der Waals surface area (Å²) in [4.78, 5) is 20.1. The first kappa shape index (κ1) is 14.9. The lowest BCUT2D eigenvalue weighted by molar-refractivity contribution is -0.116. The number of aromatic nitrogens is 2. The first-order valence-electron chi connectivity index (χ1n) is 6.11. The molecule has 0 bridgehead atoms. The maximum atomic E-state index is 12.0. The van der Waals surface area contributed by atoms with E-state index < -0.39 is 0 Å². The normalized spacial score (nSPS) is 15.8. The number of nitrogens with zero attached hydrogens (tertiary/aromatic N) is 3. The van der Waals surface area contributed by atoms with Crippen LogP contribution < -0.4 is 5.43 Å². The van der Waals surface area contributed by atoms with Crippen LogP contribution in [-0.4, -0.2) is 26.7 Å². The average molecular weight is 424 g/mol. The molecule has 0 unspecified atom stereocenters. The van der Waals surface area contributed by atoms with Crippen LogP contribution >= 0.6 is 31.9 Å². The molecule has 1 aromatic heterocycles. The van der Waals surface area contributed by atoms with E-state index in [4.69, 9.17) is 0 Å². The van der Waals surface area contributed by atoms with Crippen LogP contribution in [0.15, 0.2) is 50.3 Å². The van der Waals surface area contributed by atoms with Gasteiger partial charge in [0.2, 0.25) is 0 Å². The number of hydrazone groups is 1. The molecule has 0 aliphatic carbocycles. The molecule has 0 spiro atoms. The van der Waals surface area contributed by atoms with Gasteiger partial charge in [0.05, 0.1) is 20.7 Å². The highest BCUT2D eigenvalue weighted by Crippen LogP contribution is 2.34. The maximum Gasteiger partial charge on any atom is 0.273 e. The van der Waals surface area contributed by atoms with E-state index in [9.17, 15) is 9.90 Å². The van der Waals surface area contributed by atoms with Gasteiger partial charge in [-0.25, -0.2) is 5.43 Å². The van der Waals surface area contributed by atoms with Crippen LogP contribution in [0.25, 0.3) is 6.08 Å². The van der Waals surface area contributed by atoms with Crippen molar-refractivity contribution in [1.82, 2.24) is 15.4 Å². The number of hydrogen-bond acceptors (Lipinski definition) is 5. The molecule has 0 atom stereocenters. The van der Waals surface area contributed by atoms with Gasteiger partial charge in [-0.15, -0.1) is 0 Å².